The first-order chi connectivity index (χ1) is 14.0. The number of carbonyl (C=O) groups is 2. The number of nitrogens with zero attached hydrogens (tertiary/aromatic N) is 2. The molecule has 1 fully saturated rings. The van der Waals surface area contributed by atoms with Crippen LogP contribution in [0.15, 0.2) is 60.3 Å². The van der Waals surface area contributed by atoms with Crippen LogP contribution in [0.25, 0.3) is 17.0 Å². The van der Waals surface area contributed by atoms with Crippen LogP contribution >= 0.6 is 23.8 Å². The minimum atomic E-state index is -0.558. The van der Waals surface area contributed by atoms with Crippen molar-refractivity contribution in [3.63, 3.8) is 0 Å². The van der Waals surface area contributed by atoms with E-state index >= 15 is 0 Å². The highest BCUT2D eigenvalue weighted by Gasteiger charge is 2.35. The lowest BCUT2D eigenvalue weighted by Crippen LogP contribution is -2.54. The molecule has 4 rings (SSSR count). The van der Waals surface area contributed by atoms with Gasteiger partial charge in [0.05, 0.1) is 17.3 Å². The number of nitrogens with one attached hydrogen (secondary N) is 1. The average Bonchev–Trinajstić information content (AvgIpc) is 3.04. The Labute approximate surface area is 177 Å². The van der Waals surface area contributed by atoms with E-state index in [9.17, 15) is 9.59 Å². The number of benzene rings is 2. The molecule has 2 heterocycles. The molecule has 0 radical (unpaired) electrons. The molecule has 29 heavy (non-hydrogen) atoms. The number of terminal acetylenes is 1. The van der Waals surface area contributed by atoms with E-state index in [1.807, 2.05) is 35.0 Å². The molecule has 5 nitrogen and oxygen atoms in total. The standard InChI is InChI=1S/C22H14ClN3O2S/c1-2-11-25-13-14(15-7-3-5-9-18(15)25)12-16-20(27)24-22(29)26(21(16)28)19-10-6-4-8-17(19)23/h1,3-10,12-13H,11H2,(H,24,27,29)/b16-12+. The molecule has 142 valence electrons. The summed E-state index contributed by atoms with van der Waals surface area (Å²) < 4.78 is 1.89. The van der Waals surface area contributed by atoms with Crippen LogP contribution in [0, 0.1) is 12.3 Å². The first kappa shape index (κ1) is 18.9. The van der Waals surface area contributed by atoms with Crippen LogP contribution in [-0.4, -0.2) is 21.5 Å². The lowest BCUT2D eigenvalue weighted by molar-refractivity contribution is -0.122. The molecule has 1 N–H and O–H groups in total. The second-order valence-electron chi connectivity index (χ2n) is 6.34. The molecule has 0 bridgehead atoms. The number of halogens is 1. The maximum absolute atomic E-state index is 13.2. The van der Waals surface area contributed by atoms with Gasteiger partial charge in [-0.05, 0) is 36.5 Å². The summed E-state index contributed by atoms with van der Waals surface area (Å²) in [5, 5.41) is 3.79. The molecule has 1 aromatic heterocycles. The smallest absolute Gasteiger partial charge is 0.270 e. The number of carbonyl (C=O) groups excluding carboxylic acids is 2. The topological polar surface area (TPSA) is 54.3 Å². The van der Waals surface area contributed by atoms with Gasteiger partial charge in [-0.1, -0.05) is 47.9 Å². The molecule has 0 aliphatic carbocycles. The molecule has 1 aliphatic rings. The molecule has 0 spiro atoms. The number of hydrogen-bond acceptors (Lipinski definition) is 3. The van der Waals surface area contributed by atoms with Crippen molar-refractivity contribution in [3.05, 3.63) is 70.9 Å². The highest BCUT2D eigenvalue weighted by Crippen LogP contribution is 2.30. The molecule has 1 saturated heterocycles. The third-order valence-electron chi connectivity index (χ3n) is 4.58. The number of amides is 2. The van der Waals surface area contributed by atoms with Gasteiger partial charge in [-0.3, -0.25) is 19.8 Å². The molecule has 2 amide bonds. The lowest BCUT2D eigenvalue weighted by atomic mass is 10.1. The van der Waals surface area contributed by atoms with Gasteiger partial charge in [0.2, 0.25) is 0 Å². The number of fused-ring (bicyclic) bond motifs is 1. The summed E-state index contributed by atoms with van der Waals surface area (Å²) in [6.45, 7) is 0.375. The van der Waals surface area contributed by atoms with E-state index in [1.165, 1.54) is 4.90 Å². The fourth-order valence-corrected chi connectivity index (χ4v) is 3.78. The summed E-state index contributed by atoms with van der Waals surface area (Å²) >= 11 is 11.5. The van der Waals surface area contributed by atoms with Crippen LogP contribution in [0.2, 0.25) is 5.02 Å². The van der Waals surface area contributed by atoms with Gasteiger partial charge in [-0.15, -0.1) is 6.42 Å². The zero-order valence-electron chi connectivity index (χ0n) is 15.1. The zero-order chi connectivity index (χ0) is 20.5. The lowest BCUT2D eigenvalue weighted by Gasteiger charge is -2.29. The Morgan fingerprint density at radius 2 is 1.86 bits per heavy atom. The Morgan fingerprint density at radius 3 is 2.62 bits per heavy atom. The van der Waals surface area contributed by atoms with E-state index in [1.54, 1.807) is 30.3 Å². The molecule has 0 atom stereocenters. The van der Waals surface area contributed by atoms with Gasteiger partial charge < -0.3 is 4.57 Å². The van der Waals surface area contributed by atoms with Gasteiger partial charge in [0.1, 0.15) is 5.57 Å². The highest BCUT2D eigenvalue weighted by molar-refractivity contribution is 7.80. The van der Waals surface area contributed by atoms with E-state index in [0.29, 0.717) is 22.8 Å². The Morgan fingerprint density at radius 1 is 1.14 bits per heavy atom. The maximum atomic E-state index is 13.2. The SMILES string of the molecule is C#CCn1cc(/C=C2\C(=O)NC(=S)N(c3ccccc3Cl)C2=O)c2ccccc21. The average molecular weight is 420 g/mol. The van der Waals surface area contributed by atoms with Crippen molar-refractivity contribution in [2.24, 2.45) is 0 Å². The van der Waals surface area contributed by atoms with Crippen molar-refractivity contribution >= 4 is 63.4 Å². The predicted molar refractivity (Wildman–Crippen MR) is 118 cm³/mol. The predicted octanol–water partition coefficient (Wildman–Crippen LogP) is 3.76. The van der Waals surface area contributed by atoms with Gasteiger partial charge in [0, 0.05) is 22.7 Å². The fourth-order valence-electron chi connectivity index (χ4n) is 3.28. The van der Waals surface area contributed by atoms with Gasteiger partial charge in [0.25, 0.3) is 11.8 Å². The second kappa shape index (κ2) is 7.55. The monoisotopic (exact) mass is 419 g/mol. The Bertz CT molecular complexity index is 1250. The van der Waals surface area contributed by atoms with E-state index in [4.69, 9.17) is 30.2 Å². The molecule has 0 unspecified atom stereocenters. The molecule has 3 aromatic rings. The minimum Gasteiger partial charge on any atom is -0.335 e. The number of aromatic nitrogens is 1. The van der Waals surface area contributed by atoms with E-state index in [-0.39, 0.29) is 10.7 Å². The van der Waals surface area contributed by atoms with Crippen LogP contribution in [0.5, 0.6) is 0 Å². The fraction of sp³-hybridized carbons (Fsp3) is 0.0455. The first-order valence-corrected chi connectivity index (χ1v) is 9.47. The normalized spacial score (nSPS) is 15.7. The summed E-state index contributed by atoms with van der Waals surface area (Å²) in [5.74, 6) is 1.51. The van der Waals surface area contributed by atoms with Crippen molar-refractivity contribution in [2.75, 3.05) is 4.90 Å². The maximum Gasteiger partial charge on any atom is 0.270 e. The van der Waals surface area contributed by atoms with Gasteiger partial charge in [0.15, 0.2) is 5.11 Å². The number of rotatable bonds is 3. The summed E-state index contributed by atoms with van der Waals surface area (Å²) in [6, 6.07) is 14.4. The molecular formula is C22H14ClN3O2S. The summed E-state index contributed by atoms with van der Waals surface area (Å²) in [7, 11) is 0. The second-order valence-corrected chi connectivity index (χ2v) is 7.14. The van der Waals surface area contributed by atoms with Crippen molar-refractivity contribution in [1.82, 2.24) is 9.88 Å². The number of hydrogen-bond donors (Lipinski definition) is 1. The van der Waals surface area contributed by atoms with Gasteiger partial charge in [-0.2, -0.15) is 0 Å². The molecule has 2 aromatic carbocycles. The van der Waals surface area contributed by atoms with E-state index in [0.717, 1.165) is 10.9 Å². The summed E-state index contributed by atoms with van der Waals surface area (Å²) in [4.78, 5) is 27.0. The number of anilines is 1. The zero-order valence-corrected chi connectivity index (χ0v) is 16.6. The molecule has 1 aliphatic heterocycles. The summed E-state index contributed by atoms with van der Waals surface area (Å²) in [5.41, 5.74) is 1.99. The summed E-state index contributed by atoms with van der Waals surface area (Å²) in [6.07, 6.45) is 8.84. The quantitative estimate of drug-likeness (QED) is 0.304. The van der Waals surface area contributed by atoms with Crippen molar-refractivity contribution in [3.8, 4) is 12.3 Å². The third-order valence-corrected chi connectivity index (χ3v) is 5.18. The van der Waals surface area contributed by atoms with Crippen LogP contribution in [-0.2, 0) is 16.1 Å². The Balaban J connectivity index is 1.83. The molecule has 0 saturated carbocycles. The highest BCUT2D eigenvalue weighted by atomic mass is 35.5. The largest absolute Gasteiger partial charge is 0.335 e. The van der Waals surface area contributed by atoms with Crippen LogP contribution < -0.4 is 10.2 Å². The Kier molecular flexibility index (Phi) is 4.93. The third kappa shape index (κ3) is 3.31. The number of thiocarbonyl (C=S) groups is 1. The Hall–Kier alpha value is -3.40. The van der Waals surface area contributed by atoms with Crippen molar-refractivity contribution in [2.45, 2.75) is 6.54 Å². The van der Waals surface area contributed by atoms with Crippen molar-refractivity contribution in [1.29, 1.82) is 0 Å². The van der Waals surface area contributed by atoms with E-state index < -0.39 is 11.8 Å². The first-order valence-electron chi connectivity index (χ1n) is 8.68. The number of para-hydroxylation sites is 2. The molecular weight excluding hydrogens is 406 g/mol. The van der Waals surface area contributed by atoms with Crippen molar-refractivity contribution < 1.29 is 9.59 Å². The van der Waals surface area contributed by atoms with E-state index in [2.05, 4.69) is 11.2 Å². The van der Waals surface area contributed by atoms with Crippen LogP contribution in [0.1, 0.15) is 5.56 Å². The minimum absolute atomic E-state index is 0.0139. The van der Waals surface area contributed by atoms with Crippen LogP contribution in [0.3, 0.4) is 0 Å². The van der Waals surface area contributed by atoms with Gasteiger partial charge in [-0.25, -0.2) is 0 Å². The molecule has 7 heteroatoms. The van der Waals surface area contributed by atoms with Crippen LogP contribution in [0.4, 0.5) is 5.69 Å². The van der Waals surface area contributed by atoms with Gasteiger partial charge >= 0.3 is 0 Å².